The second kappa shape index (κ2) is 10.7. The molecule has 23 heavy (non-hydrogen) atoms. The van der Waals surface area contributed by atoms with Crippen LogP contribution in [0.3, 0.4) is 0 Å². The Bertz CT molecular complexity index is 394. The van der Waals surface area contributed by atoms with Crippen molar-refractivity contribution in [2.45, 2.75) is 37.6 Å². The van der Waals surface area contributed by atoms with Crippen molar-refractivity contribution in [3.63, 3.8) is 0 Å². The summed E-state index contributed by atoms with van der Waals surface area (Å²) >= 11 is 5.81. The van der Waals surface area contributed by atoms with E-state index in [-0.39, 0.29) is 29.5 Å². The van der Waals surface area contributed by atoms with E-state index >= 15 is 0 Å². The van der Waals surface area contributed by atoms with Crippen molar-refractivity contribution in [1.82, 2.24) is 15.5 Å². The highest BCUT2D eigenvalue weighted by molar-refractivity contribution is 14.0. The summed E-state index contributed by atoms with van der Waals surface area (Å²) in [6.07, 6.45) is 6.47. The van der Waals surface area contributed by atoms with Crippen molar-refractivity contribution >= 4 is 41.5 Å². The largest absolute Gasteiger partial charge is 0.379 e. The third kappa shape index (κ3) is 6.40. The first kappa shape index (κ1) is 21.0. The van der Waals surface area contributed by atoms with Gasteiger partial charge in [-0.2, -0.15) is 0 Å². The number of guanidine groups is 1. The zero-order chi connectivity index (χ0) is 15.8. The van der Waals surface area contributed by atoms with Gasteiger partial charge < -0.3 is 15.4 Å². The maximum absolute atomic E-state index is 5.81. The highest BCUT2D eigenvalue weighted by Gasteiger charge is 2.38. The van der Waals surface area contributed by atoms with Crippen LogP contribution in [0.1, 0.15) is 32.1 Å². The number of morpholine rings is 1. The van der Waals surface area contributed by atoms with Crippen molar-refractivity contribution in [2.75, 3.05) is 46.4 Å². The van der Waals surface area contributed by atoms with Gasteiger partial charge in [-0.15, -0.1) is 24.0 Å². The van der Waals surface area contributed by atoms with Crippen molar-refractivity contribution in [2.24, 2.45) is 4.99 Å². The number of nitrogens with one attached hydrogen (secondary N) is 2. The molecule has 0 radical (unpaired) electrons. The lowest BCUT2D eigenvalue weighted by Gasteiger charge is -2.48. The maximum Gasteiger partial charge on any atom is 0.191 e. The Morgan fingerprint density at radius 2 is 1.87 bits per heavy atom. The molecule has 0 aromatic heterocycles. The molecule has 2 N–H and O–H groups in total. The molecule has 7 heteroatoms. The molecule has 1 heterocycles. The first-order chi connectivity index (χ1) is 10.7. The molecule has 2 fully saturated rings. The van der Waals surface area contributed by atoms with Crippen molar-refractivity contribution in [1.29, 1.82) is 0 Å². The number of hydrogen-bond donors (Lipinski definition) is 2. The molecular weight excluding hydrogens is 427 g/mol. The van der Waals surface area contributed by atoms with Gasteiger partial charge in [-0.3, -0.25) is 9.89 Å². The summed E-state index contributed by atoms with van der Waals surface area (Å²) in [5, 5.41) is 7.27. The van der Waals surface area contributed by atoms with Crippen LogP contribution in [-0.4, -0.2) is 62.8 Å². The molecule has 0 bridgehead atoms. The first-order valence-electron chi connectivity index (χ1n) is 8.27. The lowest BCUT2D eigenvalue weighted by molar-refractivity contribution is -0.0352. The monoisotopic (exact) mass is 456 g/mol. The highest BCUT2D eigenvalue weighted by Crippen LogP contribution is 2.33. The summed E-state index contributed by atoms with van der Waals surface area (Å²) in [6.45, 7) is 8.91. The van der Waals surface area contributed by atoms with E-state index < -0.39 is 0 Å². The molecule has 0 spiro atoms. The molecule has 5 nitrogen and oxygen atoms in total. The van der Waals surface area contributed by atoms with Crippen LogP contribution in [0.4, 0.5) is 0 Å². The second-order valence-electron chi connectivity index (χ2n) is 6.18. The molecule has 1 aliphatic carbocycles. The Labute approximate surface area is 162 Å². The molecule has 1 saturated heterocycles. The number of aliphatic imine (C=N–C) groups is 1. The van der Waals surface area contributed by atoms with E-state index in [2.05, 4.69) is 27.1 Å². The van der Waals surface area contributed by atoms with E-state index in [0.717, 1.165) is 38.8 Å². The molecule has 1 saturated carbocycles. The number of ether oxygens (including phenoxy) is 1. The van der Waals surface area contributed by atoms with Gasteiger partial charge in [0.05, 0.1) is 19.8 Å². The van der Waals surface area contributed by atoms with Crippen molar-refractivity contribution < 1.29 is 4.74 Å². The first-order valence-corrected chi connectivity index (χ1v) is 8.65. The van der Waals surface area contributed by atoms with Gasteiger partial charge in [0.1, 0.15) is 0 Å². The van der Waals surface area contributed by atoms with Crippen LogP contribution in [0.2, 0.25) is 0 Å². The fourth-order valence-electron chi connectivity index (χ4n) is 3.50. The molecule has 2 rings (SSSR count). The SMILES string of the molecule is C=C(Cl)CNC(=NC)NCC1(N2CCOCC2)CCCCC1.I. The average Bonchev–Trinajstić information content (AvgIpc) is 2.56. The third-order valence-corrected chi connectivity index (χ3v) is 4.86. The van der Waals surface area contributed by atoms with Gasteiger partial charge >= 0.3 is 0 Å². The molecular formula is C16H30ClIN4O. The van der Waals surface area contributed by atoms with Gasteiger partial charge in [0.15, 0.2) is 5.96 Å². The van der Waals surface area contributed by atoms with Crippen LogP contribution in [0.25, 0.3) is 0 Å². The topological polar surface area (TPSA) is 48.9 Å². The lowest BCUT2D eigenvalue weighted by atomic mass is 9.80. The lowest BCUT2D eigenvalue weighted by Crippen LogP contribution is -2.60. The molecule has 1 aliphatic heterocycles. The summed E-state index contributed by atoms with van der Waals surface area (Å²) in [7, 11) is 1.79. The average molecular weight is 457 g/mol. The van der Waals surface area contributed by atoms with Gasteiger partial charge in [-0.05, 0) is 12.8 Å². The van der Waals surface area contributed by atoms with Gasteiger partial charge in [-0.1, -0.05) is 37.4 Å². The standard InChI is InChI=1S/C16H29ClN4O.HI/c1-14(17)12-19-15(18-2)20-13-16(6-4-3-5-7-16)21-8-10-22-11-9-21;/h1,3-13H2,2H3,(H2,18,19,20);1H. The van der Waals surface area contributed by atoms with Crippen LogP contribution in [0.5, 0.6) is 0 Å². The van der Waals surface area contributed by atoms with Gasteiger partial charge in [-0.25, -0.2) is 0 Å². The maximum atomic E-state index is 5.81. The molecule has 134 valence electrons. The van der Waals surface area contributed by atoms with Crippen molar-refractivity contribution in [3.05, 3.63) is 11.6 Å². The van der Waals surface area contributed by atoms with Crippen LogP contribution < -0.4 is 10.6 Å². The fraction of sp³-hybridized carbons (Fsp3) is 0.812. The Hall–Kier alpha value is -0.0500. The molecule has 0 atom stereocenters. The smallest absolute Gasteiger partial charge is 0.191 e. The van der Waals surface area contributed by atoms with Crippen LogP contribution in [0.15, 0.2) is 16.6 Å². The predicted octanol–water partition coefficient (Wildman–Crippen LogP) is 2.56. The van der Waals surface area contributed by atoms with Crippen LogP contribution in [-0.2, 0) is 4.74 Å². The number of rotatable bonds is 5. The second-order valence-corrected chi connectivity index (χ2v) is 6.72. The number of nitrogens with zero attached hydrogens (tertiary/aromatic N) is 2. The Morgan fingerprint density at radius 3 is 2.43 bits per heavy atom. The van der Waals surface area contributed by atoms with Gasteiger partial charge in [0.2, 0.25) is 0 Å². The Morgan fingerprint density at radius 1 is 1.22 bits per heavy atom. The highest BCUT2D eigenvalue weighted by atomic mass is 127. The van der Waals surface area contributed by atoms with Crippen LogP contribution in [0, 0.1) is 0 Å². The number of halogens is 2. The summed E-state index contributed by atoms with van der Waals surface area (Å²) < 4.78 is 5.52. The normalized spacial score (nSPS) is 22.1. The van der Waals surface area contributed by atoms with Gasteiger partial charge in [0.25, 0.3) is 0 Å². The Kier molecular flexibility index (Phi) is 9.80. The number of hydrogen-bond acceptors (Lipinski definition) is 3. The zero-order valence-corrected chi connectivity index (χ0v) is 17.2. The summed E-state index contributed by atoms with van der Waals surface area (Å²) in [5.74, 6) is 0.792. The van der Waals surface area contributed by atoms with E-state index in [0.29, 0.717) is 11.6 Å². The summed E-state index contributed by atoms with van der Waals surface area (Å²) in [4.78, 5) is 6.89. The molecule has 2 aliphatic rings. The fourth-order valence-corrected chi connectivity index (χ4v) is 3.57. The minimum atomic E-state index is 0. The zero-order valence-electron chi connectivity index (χ0n) is 14.1. The van der Waals surface area contributed by atoms with Crippen LogP contribution >= 0.6 is 35.6 Å². The minimum absolute atomic E-state index is 0. The Balaban J connectivity index is 0.00000264. The van der Waals surface area contributed by atoms with E-state index in [1.807, 2.05) is 0 Å². The minimum Gasteiger partial charge on any atom is -0.379 e. The van der Waals surface area contributed by atoms with E-state index in [4.69, 9.17) is 16.3 Å². The van der Waals surface area contributed by atoms with E-state index in [1.54, 1.807) is 7.05 Å². The van der Waals surface area contributed by atoms with Gasteiger partial charge in [0, 0.05) is 37.3 Å². The predicted molar refractivity (Wildman–Crippen MR) is 108 cm³/mol. The summed E-state index contributed by atoms with van der Waals surface area (Å²) in [6, 6.07) is 0. The van der Waals surface area contributed by atoms with E-state index in [1.165, 1.54) is 32.1 Å². The molecule has 0 aromatic rings. The quantitative estimate of drug-likeness (QED) is 0.379. The van der Waals surface area contributed by atoms with E-state index in [9.17, 15) is 0 Å². The van der Waals surface area contributed by atoms with Crippen molar-refractivity contribution in [3.8, 4) is 0 Å². The molecule has 0 aromatic carbocycles. The summed E-state index contributed by atoms with van der Waals surface area (Å²) in [5.41, 5.74) is 0.234. The molecule has 0 amide bonds. The molecule has 0 unspecified atom stereocenters. The third-order valence-electron chi connectivity index (χ3n) is 4.72.